The first kappa shape index (κ1) is 19.4. The van der Waals surface area contributed by atoms with E-state index in [0.717, 1.165) is 50.5 Å². The van der Waals surface area contributed by atoms with Crippen LogP contribution in [0.5, 0.6) is 0 Å². The van der Waals surface area contributed by atoms with Crippen LogP contribution in [0.15, 0.2) is 48.5 Å². The monoisotopic (exact) mass is 397 g/mol. The van der Waals surface area contributed by atoms with Gasteiger partial charge in [0, 0.05) is 49.0 Å². The molecule has 28 heavy (non-hydrogen) atoms. The minimum absolute atomic E-state index is 0.0598. The molecule has 1 fully saturated rings. The molecule has 0 spiro atoms. The molecule has 2 aliphatic heterocycles. The fraction of sp³-hybridized carbons (Fsp3) is 0.435. The van der Waals surface area contributed by atoms with E-state index in [2.05, 4.69) is 64.9 Å². The minimum Gasteiger partial charge on any atom is -0.344 e. The maximum absolute atomic E-state index is 12.2. The lowest BCUT2D eigenvalue weighted by Crippen LogP contribution is -2.60. The van der Waals surface area contributed by atoms with Crippen LogP contribution < -0.4 is 4.90 Å². The molecule has 0 aromatic heterocycles. The lowest BCUT2D eigenvalue weighted by molar-refractivity contribution is -0.113. The Morgan fingerprint density at radius 3 is 2.39 bits per heavy atom. The van der Waals surface area contributed by atoms with Gasteiger partial charge in [0.15, 0.2) is 6.29 Å². The van der Waals surface area contributed by atoms with Gasteiger partial charge in [0.25, 0.3) is 0 Å². The minimum atomic E-state index is -0.212. The molecule has 0 bridgehead atoms. The zero-order valence-electron chi connectivity index (χ0n) is 16.6. The molecular weight excluding hydrogens is 370 g/mol. The molecular formula is C23H28ClN3O. The molecule has 2 aliphatic rings. The van der Waals surface area contributed by atoms with E-state index in [-0.39, 0.29) is 11.7 Å². The molecule has 4 rings (SSSR count). The molecule has 0 radical (unpaired) electrons. The topological polar surface area (TPSA) is 26.8 Å². The summed E-state index contributed by atoms with van der Waals surface area (Å²) in [6.07, 6.45) is 1.89. The Kier molecular flexibility index (Phi) is 5.46. The van der Waals surface area contributed by atoms with Gasteiger partial charge in [-0.1, -0.05) is 41.9 Å². The summed E-state index contributed by atoms with van der Waals surface area (Å²) in [5, 5.41) is 0.774. The highest BCUT2D eigenvalue weighted by atomic mass is 35.5. The first-order valence-electron chi connectivity index (χ1n) is 10.0. The van der Waals surface area contributed by atoms with Gasteiger partial charge in [-0.15, -0.1) is 0 Å². The van der Waals surface area contributed by atoms with Gasteiger partial charge in [-0.25, -0.2) is 0 Å². The summed E-state index contributed by atoms with van der Waals surface area (Å²) in [4.78, 5) is 19.3. The maximum atomic E-state index is 12.2. The number of hydrogen-bond donors (Lipinski definition) is 0. The van der Waals surface area contributed by atoms with Crippen LogP contribution in [0.2, 0.25) is 5.02 Å². The molecule has 4 nitrogen and oxygen atoms in total. The number of piperazine rings is 1. The Morgan fingerprint density at radius 2 is 1.71 bits per heavy atom. The molecule has 5 heteroatoms. The second-order valence-electron chi connectivity index (χ2n) is 8.48. The smallest absolute Gasteiger partial charge is 0.157 e. The van der Waals surface area contributed by atoms with Gasteiger partial charge in [0.05, 0.1) is 0 Å². The zero-order chi connectivity index (χ0) is 19.7. The summed E-state index contributed by atoms with van der Waals surface area (Å²) >= 11 is 5.99. The number of nitrogens with zero attached hydrogens (tertiary/aromatic N) is 3. The molecule has 2 aromatic rings. The van der Waals surface area contributed by atoms with Crippen molar-refractivity contribution >= 4 is 23.6 Å². The van der Waals surface area contributed by atoms with Gasteiger partial charge in [-0.3, -0.25) is 14.6 Å². The summed E-state index contributed by atoms with van der Waals surface area (Å²) in [6, 6.07) is 16.6. The third-order valence-corrected chi connectivity index (χ3v) is 6.27. The van der Waals surface area contributed by atoms with Crippen molar-refractivity contribution in [2.45, 2.75) is 38.5 Å². The Balaban J connectivity index is 1.44. The van der Waals surface area contributed by atoms with Crippen LogP contribution in [0.25, 0.3) is 0 Å². The van der Waals surface area contributed by atoms with Crippen molar-refractivity contribution in [3.8, 4) is 0 Å². The van der Waals surface area contributed by atoms with Crippen molar-refractivity contribution < 1.29 is 4.79 Å². The van der Waals surface area contributed by atoms with E-state index < -0.39 is 0 Å². The van der Waals surface area contributed by atoms with Crippen LogP contribution in [0.1, 0.15) is 25.0 Å². The molecule has 1 saturated heterocycles. The molecule has 1 unspecified atom stereocenters. The molecule has 2 heterocycles. The van der Waals surface area contributed by atoms with Crippen LogP contribution in [-0.4, -0.2) is 54.0 Å². The van der Waals surface area contributed by atoms with Gasteiger partial charge in [0.2, 0.25) is 0 Å². The predicted molar refractivity (Wildman–Crippen MR) is 115 cm³/mol. The second kappa shape index (κ2) is 7.86. The quantitative estimate of drug-likeness (QED) is 0.716. The predicted octanol–water partition coefficient (Wildman–Crippen LogP) is 3.82. The van der Waals surface area contributed by atoms with Crippen molar-refractivity contribution in [1.82, 2.24) is 9.80 Å². The van der Waals surface area contributed by atoms with E-state index in [1.807, 2.05) is 12.1 Å². The number of aldehydes is 1. The number of para-hydroxylation sites is 1. The summed E-state index contributed by atoms with van der Waals surface area (Å²) < 4.78 is 0. The summed E-state index contributed by atoms with van der Waals surface area (Å²) in [6.45, 7) is 9.11. The fourth-order valence-electron chi connectivity index (χ4n) is 4.62. The highest BCUT2D eigenvalue weighted by molar-refractivity contribution is 6.30. The number of halogens is 1. The third-order valence-electron chi connectivity index (χ3n) is 6.01. The van der Waals surface area contributed by atoms with Crippen LogP contribution in [0.3, 0.4) is 0 Å². The Hall–Kier alpha value is -1.88. The average Bonchev–Trinajstić information content (AvgIpc) is 2.96. The van der Waals surface area contributed by atoms with Gasteiger partial charge in [0.1, 0.15) is 6.17 Å². The van der Waals surface area contributed by atoms with Crippen molar-refractivity contribution in [2.24, 2.45) is 0 Å². The molecule has 148 valence electrons. The van der Waals surface area contributed by atoms with E-state index >= 15 is 0 Å². The van der Waals surface area contributed by atoms with E-state index in [9.17, 15) is 4.79 Å². The molecule has 0 amide bonds. The molecule has 2 aromatic carbocycles. The standard InChI is InChI=1S/C23H28ClN3O/c1-23(2)15-19-5-3-4-6-21(19)27(23)22(17-28)26-13-11-25(12-14-26)16-18-7-9-20(24)10-8-18/h3-10,17,22H,11-16H2,1-2H3. The Morgan fingerprint density at radius 1 is 1.04 bits per heavy atom. The first-order valence-corrected chi connectivity index (χ1v) is 10.4. The van der Waals surface area contributed by atoms with Crippen LogP contribution in [0.4, 0.5) is 5.69 Å². The van der Waals surface area contributed by atoms with E-state index in [1.165, 1.54) is 16.8 Å². The van der Waals surface area contributed by atoms with Crippen LogP contribution in [-0.2, 0) is 17.8 Å². The number of carbonyl (C=O) groups excluding carboxylic acids is 1. The lowest BCUT2D eigenvalue weighted by Gasteiger charge is -2.46. The van der Waals surface area contributed by atoms with Gasteiger partial charge < -0.3 is 4.90 Å². The normalized spacial score (nSPS) is 20.8. The van der Waals surface area contributed by atoms with Crippen LogP contribution in [0, 0.1) is 0 Å². The molecule has 1 atom stereocenters. The number of benzene rings is 2. The van der Waals surface area contributed by atoms with Gasteiger partial charge in [-0.2, -0.15) is 0 Å². The molecule has 0 aliphatic carbocycles. The Labute approximate surface area is 172 Å². The number of rotatable bonds is 5. The van der Waals surface area contributed by atoms with Crippen molar-refractivity contribution in [3.63, 3.8) is 0 Å². The third kappa shape index (κ3) is 3.82. The van der Waals surface area contributed by atoms with Gasteiger partial charge >= 0.3 is 0 Å². The largest absolute Gasteiger partial charge is 0.344 e. The highest BCUT2D eigenvalue weighted by Gasteiger charge is 2.42. The lowest BCUT2D eigenvalue weighted by atomic mass is 9.99. The summed E-state index contributed by atoms with van der Waals surface area (Å²) in [5.41, 5.74) is 3.75. The van der Waals surface area contributed by atoms with Crippen LogP contribution >= 0.6 is 11.6 Å². The summed E-state index contributed by atoms with van der Waals surface area (Å²) in [5.74, 6) is 0. The molecule has 0 N–H and O–H groups in total. The number of hydrogen-bond acceptors (Lipinski definition) is 4. The van der Waals surface area contributed by atoms with Gasteiger partial charge in [-0.05, 0) is 49.6 Å². The molecule has 0 saturated carbocycles. The average molecular weight is 398 g/mol. The zero-order valence-corrected chi connectivity index (χ0v) is 17.4. The SMILES string of the molecule is CC1(C)Cc2ccccc2N1C(C=O)N1CCN(Cc2ccc(Cl)cc2)CC1. The van der Waals surface area contributed by atoms with E-state index in [4.69, 9.17) is 11.6 Å². The highest BCUT2D eigenvalue weighted by Crippen LogP contribution is 2.40. The number of fused-ring (bicyclic) bond motifs is 1. The number of carbonyl (C=O) groups is 1. The number of anilines is 1. The van der Waals surface area contributed by atoms with Crippen molar-refractivity contribution in [2.75, 3.05) is 31.1 Å². The van der Waals surface area contributed by atoms with Crippen molar-refractivity contribution in [1.29, 1.82) is 0 Å². The van der Waals surface area contributed by atoms with E-state index in [1.54, 1.807) is 0 Å². The fourth-order valence-corrected chi connectivity index (χ4v) is 4.74. The second-order valence-corrected chi connectivity index (χ2v) is 8.91. The van der Waals surface area contributed by atoms with Crippen molar-refractivity contribution in [3.05, 3.63) is 64.7 Å². The summed E-state index contributed by atoms with van der Waals surface area (Å²) in [7, 11) is 0. The van der Waals surface area contributed by atoms with E-state index in [0.29, 0.717) is 0 Å². The Bertz CT molecular complexity index is 828. The first-order chi connectivity index (χ1) is 13.5. The maximum Gasteiger partial charge on any atom is 0.157 e.